The molecule has 0 bridgehead atoms. The normalized spacial score (nSPS) is 12.1. The molecule has 0 aliphatic rings. The lowest BCUT2D eigenvalue weighted by Gasteiger charge is -2.19. The lowest BCUT2D eigenvalue weighted by molar-refractivity contribution is -0.147. The summed E-state index contributed by atoms with van der Waals surface area (Å²) in [5, 5.41) is 2.74. The standard InChI is InChI=1S/C20H22N4O3/c1-13(2)8-17(20(26)27-11-14-6-4-3-5-7-14)24-19(25)16-9-15-18(10-21-16)23-12-22-15/h3-7,9-10,12-13,17H,8,11H2,1-2H3,(H,22,23)(H,24,25)/t17-/m0/s1. The van der Waals surface area contributed by atoms with Gasteiger partial charge >= 0.3 is 5.97 Å². The SMILES string of the molecule is CC(C)C[C@H](NC(=O)c1cc2nc[nH]c2cn1)C(=O)OCc1ccccc1. The van der Waals surface area contributed by atoms with E-state index in [4.69, 9.17) is 4.74 Å². The van der Waals surface area contributed by atoms with Gasteiger partial charge in [0.15, 0.2) is 0 Å². The zero-order valence-electron chi connectivity index (χ0n) is 15.3. The number of aromatic amines is 1. The summed E-state index contributed by atoms with van der Waals surface area (Å²) in [6, 6.07) is 10.3. The number of amides is 1. The van der Waals surface area contributed by atoms with E-state index in [2.05, 4.69) is 20.3 Å². The van der Waals surface area contributed by atoms with Gasteiger partial charge in [-0.05, 0) is 24.0 Å². The number of carbonyl (C=O) groups is 2. The number of nitrogens with one attached hydrogen (secondary N) is 2. The first kappa shape index (κ1) is 18.6. The molecule has 3 rings (SSSR count). The molecule has 1 aromatic carbocycles. The second-order valence-electron chi connectivity index (χ2n) is 6.74. The van der Waals surface area contributed by atoms with Crippen LogP contribution < -0.4 is 5.32 Å². The molecule has 3 aromatic rings. The van der Waals surface area contributed by atoms with Gasteiger partial charge < -0.3 is 15.0 Å². The van der Waals surface area contributed by atoms with Crippen LogP contribution in [0.25, 0.3) is 11.0 Å². The Morgan fingerprint density at radius 1 is 1.19 bits per heavy atom. The number of ether oxygens (including phenoxy) is 1. The summed E-state index contributed by atoms with van der Waals surface area (Å²) in [5.41, 5.74) is 2.49. The van der Waals surface area contributed by atoms with Crippen LogP contribution in [0.4, 0.5) is 0 Å². The van der Waals surface area contributed by atoms with Gasteiger partial charge in [-0.15, -0.1) is 0 Å². The van der Waals surface area contributed by atoms with Crippen LogP contribution in [0, 0.1) is 5.92 Å². The average molecular weight is 366 g/mol. The summed E-state index contributed by atoms with van der Waals surface area (Å²) in [6.45, 7) is 4.14. The van der Waals surface area contributed by atoms with Crippen molar-refractivity contribution in [2.75, 3.05) is 0 Å². The summed E-state index contributed by atoms with van der Waals surface area (Å²) in [6.07, 6.45) is 3.56. The molecule has 0 aliphatic heterocycles. The molecule has 7 nitrogen and oxygen atoms in total. The molecule has 2 N–H and O–H groups in total. The minimum absolute atomic E-state index is 0.168. The van der Waals surface area contributed by atoms with Crippen molar-refractivity contribution in [1.82, 2.24) is 20.3 Å². The number of aromatic nitrogens is 3. The quantitative estimate of drug-likeness (QED) is 0.627. The maximum atomic E-state index is 12.6. The predicted octanol–water partition coefficient (Wildman–Crippen LogP) is 2.85. The highest BCUT2D eigenvalue weighted by Gasteiger charge is 2.24. The molecule has 0 radical (unpaired) electrons. The molecule has 1 atom stereocenters. The molecular formula is C20H22N4O3. The van der Waals surface area contributed by atoms with Gasteiger partial charge in [-0.3, -0.25) is 4.79 Å². The van der Waals surface area contributed by atoms with Gasteiger partial charge in [0, 0.05) is 0 Å². The van der Waals surface area contributed by atoms with Crippen LogP contribution in [-0.2, 0) is 16.1 Å². The number of rotatable bonds is 7. The lowest BCUT2D eigenvalue weighted by Crippen LogP contribution is -2.43. The van der Waals surface area contributed by atoms with Crippen molar-refractivity contribution in [3.63, 3.8) is 0 Å². The first-order valence-corrected chi connectivity index (χ1v) is 8.83. The van der Waals surface area contributed by atoms with Gasteiger partial charge in [-0.25, -0.2) is 14.8 Å². The lowest BCUT2D eigenvalue weighted by atomic mass is 10.0. The molecule has 0 aliphatic carbocycles. The van der Waals surface area contributed by atoms with Crippen molar-refractivity contribution in [1.29, 1.82) is 0 Å². The Morgan fingerprint density at radius 3 is 2.70 bits per heavy atom. The van der Waals surface area contributed by atoms with Gasteiger partial charge in [-0.1, -0.05) is 44.2 Å². The highest BCUT2D eigenvalue weighted by Crippen LogP contribution is 2.12. The van der Waals surface area contributed by atoms with Crippen LogP contribution in [0.15, 0.2) is 48.9 Å². The number of nitrogens with zero attached hydrogens (tertiary/aromatic N) is 2. The number of fused-ring (bicyclic) bond motifs is 1. The number of carbonyl (C=O) groups excluding carboxylic acids is 2. The number of imidazole rings is 1. The molecule has 27 heavy (non-hydrogen) atoms. The second kappa shape index (κ2) is 8.44. The number of esters is 1. The molecular weight excluding hydrogens is 344 g/mol. The Morgan fingerprint density at radius 2 is 1.96 bits per heavy atom. The molecule has 1 amide bonds. The van der Waals surface area contributed by atoms with Crippen molar-refractivity contribution in [2.45, 2.75) is 32.9 Å². The van der Waals surface area contributed by atoms with E-state index >= 15 is 0 Å². The minimum atomic E-state index is -0.738. The first-order valence-electron chi connectivity index (χ1n) is 8.83. The highest BCUT2D eigenvalue weighted by atomic mass is 16.5. The number of pyridine rings is 1. The monoisotopic (exact) mass is 366 g/mol. The van der Waals surface area contributed by atoms with E-state index < -0.39 is 17.9 Å². The van der Waals surface area contributed by atoms with E-state index in [1.165, 1.54) is 6.33 Å². The highest BCUT2D eigenvalue weighted by molar-refractivity contribution is 5.97. The zero-order chi connectivity index (χ0) is 19.2. The van der Waals surface area contributed by atoms with E-state index in [0.717, 1.165) is 11.1 Å². The number of H-pyrrole nitrogens is 1. The fourth-order valence-electron chi connectivity index (χ4n) is 2.71. The molecule has 0 spiro atoms. The van der Waals surface area contributed by atoms with E-state index in [-0.39, 0.29) is 18.2 Å². The number of hydrogen-bond acceptors (Lipinski definition) is 5. The molecule has 140 valence electrons. The summed E-state index contributed by atoms with van der Waals surface area (Å²) < 4.78 is 5.39. The third kappa shape index (κ3) is 4.91. The van der Waals surface area contributed by atoms with Gasteiger partial charge in [0.25, 0.3) is 5.91 Å². The van der Waals surface area contributed by atoms with Gasteiger partial charge in [-0.2, -0.15) is 0 Å². The predicted molar refractivity (Wildman–Crippen MR) is 101 cm³/mol. The topological polar surface area (TPSA) is 97.0 Å². The van der Waals surface area contributed by atoms with Crippen molar-refractivity contribution in [3.05, 3.63) is 60.2 Å². The molecule has 2 aromatic heterocycles. The third-order valence-corrected chi connectivity index (χ3v) is 4.06. The molecule has 2 heterocycles. The van der Waals surface area contributed by atoms with Crippen LogP contribution in [-0.4, -0.2) is 32.9 Å². The van der Waals surface area contributed by atoms with Gasteiger partial charge in [0.1, 0.15) is 18.3 Å². The Balaban J connectivity index is 1.67. The summed E-state index contributed by atoms with van der Waals surface area (Å²) >= 11 is 0. The number of benzene rings is 1. The summed E-state index contributed by atoms with van der Waals surface area (Å²) in [7, 11) is 0. The molecule has 0 saturated carbocycles. The molecule has 0 saturated heterocycles. The van der Waals surface area contributed by atoms with Crippen LogP contribution >= 0.6 is 0 Å². The Hall–Kier alpha value is -3.22. The first-order chi connectivity index (χ1) is 13.0. The largest absolute Gasteiger partial charge is 0.459 e. The van der Waals surface area contributed by atoms with E-state index in [9.17, 15) is 9.59 Å². The van der Waals surface area contributed by atoms with Crippen LogP contribution in [0.1, 0.15) is 36.3 Å². The van der Waals surface area contributed by atoms with Gasteiger partial charge in [0.2, 0.25) is 0 Å². The number of hydrogen-bond donors (Lipinski definition) is 2. The van der Waals surface area contributed by atoms with Crippen LogP contribution in [0.5, 0.6) is 0 Å². The van der Waals surface area contributed by atoms with Crippen molar-refractivity contribution in [2.24, 2.45) is 5.92 Å². The minimum Gasteiger partial charge on any atom is -0.459 e. The Labute approximate surface area is 157 Å². The summed E-state index contributed by atoms with van der Waals surface area (Å²) in [4.78, 5) is 36.2. The van der Waals surface area contributed by atoms with E-state index in [1.54, 1.807) is 12.3 Å². The molecule has 0 fully saturated rings. The Kier molecular flexibility index (Phi) is 5.80. The van der Waals surface area contributed by atoms with Crippen LogP contribution in [0.2, 0.25) is 0 Å². The molecule has 7 heteroatoms. The average Bonchev–Trinajstić information content (AvgIpc) is 3.13. The van der Waals surface area contributed by atoms with E-state index in [0.29, 0.717) is 11.9 Å². The molecule has 0 unspecified atom stereocenters. The fourth-order valence-corrected chi connectivity index (χ4v) is 2.71. The Bertz CT molecular complexity index is 921. The van der Waals surface area contributed by atoms with Crippen molar-refractivity contribution < 1.29 is 14.3 Å². The second-order valence-corrected chi connectivity index (χ2v) is 6.74. The van der Waals surface area contributed by atoms with E-state index in [1.807, 2.05) is 44.2 Å². The van der Waals surface area contributed by atoms with Gasteiger partial charge in [0.05, 0.1) is 23.6 Å². The zero-order valence-corrected chi connectivity index (χ0v) is 15.3. The third-order valence-electron chi connectivity index (χ3n) is 4.06. The van der Waals surface area contributed by atoms with Crippen LogP contribution in [0.3, 0.4) is 0 Å². The smallest absolute Gasteiger partial charge is 0.328 e. The van der Waals surface area contributed by atoms with Crippen molar-refractivity contribution >= 4 is 22.9 Å². The fraction of sp³-hybridized carbons (Fsp3) is 0.300. The summed E-state index contributed by atoms with van der Waals surface area (Å²) in [5.74, 6) is -0.676. The maximum Gasteiger partial charge on any atom is 0.328 e. The maximum absolute atomic E-state index is 12.6. The van der Waals surface area contributed by atoms with Crippen molar-refractivity contribution in [3.8, 4) is 0 Å².